The maximum absolute atomic E-state index is 10.1. The molecule has 27 heavy (non-hydrogen) atoms. The van der Waals surface area contributed by atoms with E-state index >= 15 is 0 Å². The lowest BCUT2D eigenvalue weighted by atomic mass is 9.90. The molecule has 3 atom stereocenters. The molecule has 3 heteroatoms. The SMILES string of the molecule is CC/C=C\C[C@@H]1C(/C=C/CCCc2ccccc2)CC[C@@H]1O.CCC(=O)O. The Morgan fingerprint density at radius 3 is 2.44 bits per heavy atom. The summed E-state index contributed by atoms with van der Waals surface area (Å²) < 4.78 is 0. The van der Waals surface area contributed by atoms with E-state index in [9.17, 15) is 9.90 Å². The number of aliphatic carboxylic acids is 1. The molecule has 0 spiro atoms. The molecule has 2 N–H and O–H groups in total. The molecule has 0 heterocycles. The molecule has 0 radical (unpaired) electrons. The summed E-state index contributed by atoms with van der Waals surface area (Å²) in [7, 11) is 0. The first-order chi connectivity index (χ1) is 13.1. The summed E-state index contributed by atoms with van der Waals surface area (Å²) in [6.07, 6.45) is 17.0. The van der Waals surface area contributed by atoms with Gasteiger partial charge in [-0.3, -0.25) is 4.79 Å². The van der Waals surface area contributed by atoms with Gasteiger partial charge in [-0.1, -0.05) is 68.5 Å². The molecular formula is C24H36O3. The fourth-order valence-corrected chi connectivity index (χ4v) is 3.41. The van der Waals surface area contributed by atoms with Crippen molar-refractivity contribution in [2.45, 2.75) is 71.3 Å². The van der Waals surface area contributed by atoms with Gasteiger partial charge >= 0.3 is 5.97 Å². The van der Waals surface area contributed by atoms with Gasteiger partial charge in [-0.25, -0.2) is 0 Å². The number of aliphatic hydroxyl groups excluding tert-OH is 1. The second-order valence-corrected chi connectivity index (χ2v) is 7.14. The molecule has 0 aromatic heterocycles. The second-order valence-electron chi connectivity index (χ2n) is 7.14. The highest BCUT2D eigenvalue weighted by Gasteiger charge is 2.32. The van der Waals surface area contributed by atoms with Gasteiger partial charge in [0.1, 0.15) is 0 Å². The Hall–Kier alpha value is -1.87. The summed E-state index contributed by atoms with van der Waals surface area (Å²) >= 11 is 0. The molecule has 1 fully saturated rings. The van der Waals surface area contributed by atoms with Crippen LogP contribution in [0.4, 0.5) is 0 Å². The van der Waals surface area contributed by atoms with Gasteiger partial charge in [0.25, 0.3) is 0 Å². The van der Waals surface area contributed by atoms with Gasteiger partial charge in [-0.05, 0) is 62.3 Å². The highest BCUT2D eigenvalue weighted by Crippen LogP contribution is 2.35. The Bertz CT molecular complexity index is 562. The van der Waals surface area contributed by atoms with Crippen LogP contribution in [0.3, 0.4) is 0 Å². The van der Waals surface area contributed by atoms with Crippen molar-refractivity contribution in [1.29, 1.82) is 0 Å². The number of carbonyl (C=O) groups is 1. The summed E-state index contributed by atoms with van der Waals surface area (Å²) in [5.41, 5.74) is 1.43. The van der Waals surface area contributed by atoms with Crippen LogP contribution in [0, 0.1) is 11.8 Å². The molecule has 1 aromatic rings. The first kappa shape index (κ1) is 23.2. The summed E-state index contributed by atoms with van der Waals surface area (Å²) in [5.74, 6) is 0.242. The molecular weight excluding hydrogens is 336 g/mol. The van der Waals surface area contributed by atoms with Crippen molar-refractivity contribution in [2.24, 2.45) is 11.8 Å². The smallest absolute Gasteiger partial charge is 0.303 e. The van der Waals surface area contributed by atoms with Crippen LogP contribution in [0.15, 0.2) is 54.6 Å². The van der Waals surface area contributed by atoms with Crippen LogP contribution >= 0.6 is 0 Å². The first-order valence-electron chi connectivity index (χ1n) is 10.3. The number of aliphatic hydroxyl groups is 1. The summed E-state index contributed by atoms with van der Waals surface area (Å²) in [5, 5.41) is 17.9. The number of aryl methyl sites for hydroxylation is 1. The average molecular weight is 373 g/mol. The van der Waals surface area contributed by atoms with Crippen LogP contribution in [0.25, 0.3) is 0 Å². The van der Waals surface area contributed by atoms with Gasteiger partial charge in [-0.2, -0.15) is 0 Å². The van der Waals surface area contributed by atoms with Crippen molar-refractivity contribution in [3.05, 3.63) is 60.2 Å². The van der Waals surface area contributed by atoms with E-state index in [1.54, 1.807) is 6.92 Å². The van der Waals surface area contributed by atoms with E-state index in [-0.39, 0.29) is 12.5 Å². The largest absolute Gasteiger partial charge is 0.481 e. The third-order valence-corrected chi connectivity index (χ3v) is 5.02. The first-order valence-corrected chi connectivity index (χ1v) is 10.3. The number of allylic oxidation sites excluding steroid dienone is 4. The Morgan fingerprint density at radius 2 is 1.81 bits per heavy atom. The third-order valence-electron chi connectivity index (χ3n) is 5.02. The molecule has 0 amide bonds. The maximum atomic E-state index is 10.1. The summed E-state index contributed by atoms with van der Waals surface area (Å²) in [6.45, 7) is 3.76. The molecule has 1 aliphatic carbocycles. The van der Waals surface area contributed by atoms with Crippen LogP contribution in [-0.2, 0) is 11.2 Å². The van der Waals surface area contributed by atoms with Gasteiger partial charge in [0.05, 0.1) is 6.10 Å². The monoisotopic (exact) mass is 372 g/mol. The van der Waals surface area contributed by atoms with Gasteiger partial charge in [0, 0.05) is 6.42 Å². The fourth-order valence-electron chi connectivity index (χ4n) is 3.41. The van der Waals surface area contributed by atoms with E-state index < -0.39 is 5.97 Å². The minimum absolute atomic E-state index is 0.111. The summed E-state index contributed by atoms with van der Waals surface area (Å²) in [4.78, 5) is 9.37. The highest BCUT2D eigenvalue weighted by atomic mass is 16.4. The van der Waals surface area contributed by atoms with Crippen LogP contribution in [0.5, 0.6) is 0 Å². The van der Waals surface area contributed by atoms with E-state index in [0.29, 0.717) is 11.8 Å². The van der Waals surface area contributed by atoms with Crippen LogP contribution < -0.4 is 0 Å². The topological polar surface area (TPSA) is 57.5 Å². The zero-order chi connectivity index (χ0) is 19.9. The summed E-state index contributed by atoms with van der Waals surface area (Å²) in [6, 6.07) is 10.7. The maximum Gasteiger partial charge on any atom is 0.303 e. The van der Waals surface area contributed by atoms with E-state index in [2.05, 4.69) is 61.6 Å². The number of carboxylic acids is 1. The second kappa shape index (κ2) is 14.2. The highest BCUT2D eigenvalue weighted by molar-refractivity contribution is 5.66. The lowest BCUT2D eigenvalue weighted by Crippen LogP contribution is -2.17. The van der Waals surface area contributed by atoms with Crippen molar-refractivity contribution < 1.29 is 15.0 Å². The number of hydrogen-bond acceptors (Lipinski definition) is 2. The Balaban J connectivity index is 0.000000646. The lowest BCUT2D eigenvalue weighted by molar-refractivity contribution is -0.136. The standard InChI is InChI=1S/C21H30O.C3H6O2/c1-2-3-6-15-20-19(16-17-21(20)22)14-10-5-9-13-18-11-7-4-8-12-18;1-2-3(4)5/h3-4,6-8,10-12,14,19-22H,2,5,9,13,15-17H2,1H3;2H2,1H3,(H,4,5)/b6-3-,14-10+;/t19?,20-,21+;/m1./s1. The Kier molecular flexibility index (Phi) is 12.2. The fraction of sp³-hybridized carbons (Fsp3) is 0.542. The van der Waals surface area contributed by atoms with Crippen molar-refractivity contribution in [1.82, 2.24) is 0 Å². The van der Waals surface area contributed by atoms with Crippen LogP contribution in [0.1, 0.15) is 64.4 Å². The molecule has 1 saturated carbocycles. The zero-order valence-electron chi connectivity index (χ0n) is 16.9. The van der Waals surface area contributed by atoms with E-state index in [4.69, 9.17) is 5.11 Å². The van der Waals surface area contributed by atoms with E-state index in [1.165, 1.54) is 12.0 Å². The van der Waals surface area contributed by atoms with E-state index in [1.807, 2.05) is 0 Å². The quantitative estimate of drug-likeness (QED) is 0.426. The molecule has 1 aliphatic rings. The van der Waals surface area contributed by atoms with Crippen molar-refractivity contribution in [3.63, 3.8) is 0 Å². The predicted octanol–water partition coefficient (Wildman–Crippen LogP) is 5.79. The molecule has 0 saturated heterocycles. The minimum Gasteiger partial charge on any atom is -0.481 e. The van der Waals surface area contributed by atoms with E-state index in [0.717, 1.165) is 38.5 Å². The minimum atomic E-state index is -0.745. The average Bonchev–Trinajstić information content (AvgIpc) is 3.03. The van der Waals surface area contributed by atoms with Crippen molar-refractivity contribution in [3.8, 4) is 0 Å². The van der Waals surface area contributed by atoms with Gasteiger partial charge in [-0.15, -0.1) is 0 Å². The van der Waals surface area contributed by atoms with Gasteiger partial charge in [0.2, 0.25) is 0 Å². The molecule has 1 unspecified atom stereocenters. The zero-order valence-corrected chi connectivity index (χ0v) is 16.9. The normalized spacial score (nSPS) is 22.1. The third kappa shape index (κ3) is 10.1. The number of hydrogen-bond donors (Lipinski definition) is 2. The Labute approximate surface area is 164 Å². The van der Waals surface area contributed by atoms with Crippen LogP contribution in [0.2, 0.25) is 0 Å². The lowest BCUT2D eigenvalue weighted by Gasteiger charge is -2.17. The molecule has 2 rings (SSSR count). The molecule has 150 valence electrons. The number of benzene rings is 1. The van der Waals surface area contributed by atoms with Crippen LogP contribution in [-0.4, -0.2) is 22.3 Å². The molecule has 0 bridgehead atoms. The molecule has 3 nitrogen and oxygen atoms in total. The van der Waals surface area contributed by atoms with Crippen molar-refractivity contribution >= 4 is 5.97 Å². The number of unbranched alkanes of at least 4 members (excludes halogenated alkanes) is 1. The van der Waals surface area contributed by atoms with Gasteiger partial charge in [0.15, 0.2) is 0 Å². The molecule has 0 aliphatic heterocycles. The van der Waals surface area contributed by atoms with Crippen molar-refractivity contribution in [2.75, 3.05) is 0 Å². The predicted molar refractivity (Wildman–Crippen MR) is 113 cm³/mol. The number of carboxylic acid groups (broad SMARTS) is 1. The molecule has 1 aromatic carbocycles. The number of rotatable bonds is 9. The van der Waals surface area contributed by atoms with Gasteiger partial charge < -0.3 is 10.2 Å². The Morgan fingerprint density at radius 1 is 1.11 bits per heavy atom.